The highest BCUT2D eigenvalue weighted by molar-refractivity contribution is 7.25. The Bertz CT molecular complexity index is 4320. The molecule has 4 aromatic heterocycles. The minimum absolute atomic E-state index is 0.530. The zero-order valence-electron chi connectivity index (χ0n) is 37.0. The molecular formula is C63H38N4OS. The van der Waals surface area contributed by atoms with Crippen LogP contribution in [0.4, 0.5) is 0 Å². The summed E-state index contributed by atoms with van der Waals surface area (Å²) in [6.07, 6.45) is 0. The van der Waals surface area contributed by atoms with Crippen molar-refractivity contribution in [3.05, 3.63) is 231 Å². The van der Waals surface area contributed by atoms with E-state index in [0.717, 1.165) is 88.3 Å². The quantitative estimate of drug-likeness (QED) is 0.160. The molecule has 0 N–H and O–H groups in total. The van der Waals surface area contributed by atoms with Crippen molar-refractivity contribution in [1.29, 1.82) is 0 Å². The molecule has 4 heterocycles. The summed E-state index contributed by atoms with van der Waals surface area (Å²) in [5.74, 6) is 1.67. The molecule has 0 spiro atoms. The highest BCUT2D eigenvalue weighted by Crippen LogP contribution is 2.42. The lowest BCUT2D eigenvalue weighted by atomic mass is 9.95. The molecule has 0 atom stereocenters. The lowest BCUT2D eigenvalue weighted by Gasteiger charge is -2.14. The van der Waals surface area contributed by atoms with E-state index in [1.165, 1.54) is 31.3 Å². The molecule has 14 aromatic rings. The summed E-state index contributed by atoms with van der Waals surface area (Å²) in [6, 6.07) is 81.9. The van der Waals surface area contributed by atoms with E-state index in [2.05, 4.69) is 199 Å². The van der Waals surface area contributed by atoms with Crippen LogP contribution >= 0.6 is 11.3 Å². The highest BCUT2D eigenvalue weighted by Gasteiger charge is 2.22. The third-order valence-corrected chi connectivity index (χ3v) is 14.6. The van der Waals surface area contributed by atoms with Crippen LogP contribution < -0.4 is 0 Å². The van der Waals surface area contributed by atoms with Crippen LogP contribution in [-0.2, 0) is 0 Å². The number of para-hydroxylation sites is 2. The van der Waals surface area contributed by atoms with Gasteiger partial charge in [0.25, 0.3) is 0 Å². The van der Waals surface area contributed by atoms with Crippen LogP contribution in [0.1, 0.15) is 0 Å². The highest BCUT2D eigenvalue weighted by atomic mass is 32.1. The second-order valence-corrected chi connectivity index (χ2v) is 18.6. The Morgan fingerprint density at radius 2 is 0.870 bits per heavy atom. The Labute approximate surface area is 400 Å². The van der Waals surface area contributed by atoms with Gasteiger partial charge in [-0.3, -0.25) is 4.57 Å². The van der Waals surface area contributed by atoms with Crippen LogP contribution in [0.25, 0.3) is 137 Å². The summed E-state index contributed by atoms with van der Waals surface area (Å²) in [5, 5.41) is 6.95. The third-order valence-electron chi connectivity index (χ3n) is 13.5. The molecule has 0 bridgehead atoms. The largest absolute Gasteiger partial charge is 0.456 e. The molecule has 0 unspecified atom stereocenters. The topological polar surface area (TPSA) is 56.7 Å². The fourth-order valence-electron chi connectivity index (χ4n) is 10.1. The van der Waals surface area contributed by atoms with Gasteiger partial charge in [0, 0.05) is 58.4 Å². The van der Waals surface area contributed by atoms with Crippen LogP contribution in [0.2, 0.25) is 0 Å². The normalized spacial score (nSPS) is 11.8. The SMILES string of the molecule is c1ccc(-c2ccc3c(c2)c2cccc(-c4cccc(-c5cccc(-c6ccc7sc8ccccc8c7c6)c5)c4)c2n3-c2nc(-c3ccccc3)nc(-c3ccc4c(c3)oc3ccccc34)n2)cc1. The van der Waals surface area contributed by atoms with E-state index in [1.54, 1.807) is 0 Å². The molecule has 0 saturated heterocycles. The Hall–Kier alpha value is -8.97. The second-order valence-electron chi connectivity index (χ2n) is 17.6. The molecular weight excluding hydrogens is 861 g/mol. The maximum atomic E-state index is 6.38. The van der Waals surface area contributed by atoms with E-state index in [0.29, 0.717) is 17.6 Å². The lowest BCUT2D eigenvalue weighted by molar-refractivity contribution is 0.669. The molecule has 14 rings (SSSR count). The summed E-state index contributed by atoms with van der Waals surface area (Å²) in [4.78, 5) is 15.9. The summed E-state index contributed by atoms with van der Waals surface area (Å²) >= 11 is 1.85. The standard InChI is InChI=1S/C63H38N4OS/c1-3-14-39(15-4-1)44-29-32-55-53(36-44)52-25-13-24-48(46-21-12-20-43(35-46)41-18-11-19-42(34-41)45-30-33-59-54(37-45)51-23-8-10-27-58(51)69-59)60(52)67(55)63-65-61(40-16-5-2-6-17-40)64-62(66-63)47-28-31-50-49-22-7-9-26-56(49)68-57(50)38-47/h1-38H. The fourth-order valence-corrected chi connectivity index (χ4v) is 11.2. The van der Waals surface area contributed by atoms with Crippen molar-refractivity contribution >= 4 is 75.3 Å². The van der Waals surface area contributed by atoms with E-state index in [-0.39, 0.29) is 0 Å². The molecule has 0 amide bonds. The number of fused-ring (bicyclic) bond motifs is 9. The molecule has 0 aliphatic rings. The van der Waals surface area contributed by atoms with Gasteiger partial charge in [0.05, 0.1) is 11.0 Å². The van der Waals surface area contributed by atoms with Gasteiger partial charge in [-0.1, -0.05) is 170 Å². The number of furan rings is 1. The summed E-state index contributed by atoms with van der Waals surface area (Å²) in [7, 11) is 0. The maximum absolute atomic E-state index is 6.38. The number of hydrogen-bond acceptors (Lipinski definition) is 5. The molecule has 6 heteroatoms. The second kappa shape index (κ2) is 15.8. The van der Waals surface area contributed by atoms with Crippen molar-refractivity contribution in [2.75, 3.05) is 0 Å². The number of thiophene rings is 1. The van der Waals surface area contributed by atoms with Crippen LogP contribution in [0.3, 0.4) is 0 Å². The molecule has 322 valence electrons. The summed E-state index contributed by atoms with van der Waals surface area (Å²) in [6.45, 7) is 0. The zero-order chi connectivity index (χ0) is 45.4. The fraction of sp³-hybridized carbons (Fsp3) is 0. The molecule has 0 radical (unpaired) electrons. The van der Waals surface area contributed by atoms with Gasteiger partial charge >= 0.3 is 0 Å². The average Bonchev–Trinajstić information content (AvgIpc) is 4.10. The monoisotopic (exact) mass is 898 g/mol. The van der Waals surface area contributed by atoms with Gasteiger partial charge in [0.2, 0.25) is 5.95 Å². The maximum Gasteiger partial charge on any atom is 0.238 e. The molecule has 0 saturated carbocycles. The van der Waals surface area contributed by atoms with Crippen molar-refractivity contribution in [2.45, 2.75) is 0 Å². The van der Waals surface area contributed by atoms with E-state index < -0.39 is 0 Å². The smallest absolute Gasteiger partial charge is 0.238 e. The molecule has 5 nitrogen and oxygen atoms in total. The molecule has 0 fully saturated rings. The lowest BCUT2D eigenvalue weighted by Crippen LogP contribution is -2.07. The van der Waals surface area contributed by atoms with E-state index in [9.17, 15) is 0 Å². The number of benzene rings is 10. The van der Waals surface area contributed by atoms with Crippen LogP contribution in [0.5, 0.6) is 0 Å². The molecule has 69 heavy (non-hydrogen) atoms. The van der Waals surface area contributed by atoms with Crippen molar-refractivity contribution in [3.63, 3.8) is 0 Å². The first-order valence-electron chi connectivity index (χ1n) is 23.2. The van der Waals surface area contributed by atoms with Gasteiger partial charge in [0.15, 0.2) is 11.6 Å². The molecule has 0 aliphatic heterocycles. The minimum Gasteiger partial charge on any atom is -0.456 e. The number of hydrogen-bond donors (Lipinski definition) is 0. The van der Waals surface area contributed by atoms with Gasteiger partial charge in [-0.2, -0.15) is 9.97 Å². The molecule has 10 aromatic carbocycles. The third kappa shape index (κ3) is 6.64. The predicted molar refractivity (Wildman–Crippen MR) is 287 cm³/mol. The molecule has 0 aliphatic carbocycles. The van der Waals surface area contributed by atoms with Gasteiger partial charge in [0.1, 0.15) is 11.2 Å². The minimum atomic E-state index is 0.530. The van der Waals surface area contributed by atoms with Crippen molar-refractivity contribution in [3.8, 4) is 73.2 Å². The first-order valence-corrected chi connectivity index (χ1v) is 24.0. The van der Waals surface area contributed by atoms with E-state index in [4.69, 9.17) is 19.4 Å². The van der Waals surface area contributed by atoms with Gasteiger partial charge < -0.3 is 4.42 Å². The Balaban J connectivity index is 0.963. The van der Waals surface area contributed by atoms with Crippen molar-refractivity contribution in [1.82, 2.24) is 19.5 Å². The van der Waals surface area contributed by atoms with Gasteiger partial charge in [-0.05, 0) is 99.6 Å². The first kappa shape index (κ1) is 39.2. The Morgan fingerprint density at radius 1 is 0.319 bits per heavy atom. The summed E-state index contributed by atoms with van der Waals surface area (Å²) in [5.41, 5.74) is 14.5. The van der Waals surface area contributed by atoms with Crippen LogP contribution in [0.15, 0.2) is 235 Å². The van der Waals surface area contributed by atoms with Crippen molar-refractivity contribution in [2.24, 2.45) is 0 Å². The predicted octanol–water partition coefficient (Wildman–Crippen LogP) is 17.2. The number of rotatable bonds is 7. The summed E-state index contributed by atoms with van der Waals surface area (Å²) < 4.78 is 11.2. The Morgan fingerprint density at radius 3 is 1.68 bits per heavy atom. The van der Waals surface area contributed by atoms with Gasteiger partial charge in [-0.15, -0.1) is 11.3 Å². The van der Waals surface area contributed by atoms with Crippen LogP contribution in [0, 0.1) is 0 Å². The zero-order valence-corrected chi connectivity index (χ0v) is 37.9. The average molecular weight is 899 g/mol. The van der Waals surface area contributed by atoms with Crippen molar-refractivity contribution < 1.29 is 4.42 Å². The van der Waals surface area contributed by atoms with Gasteiger partial charge in [-0.25, -0.2) is 4.98 Å². The van der Waals surface area contributed by atoms with E-state index >= 15 is 0 Å². The number of aromatic nitrogens is 4. The van der Waals surface area contributed by atoms with Crippen LogP contribution in [-0.4, -0.2) is 19.5 Å². The number of nitrogens with zero attached hydrogens (tertiary/aromatic N) is 4. The van der Waals surface area contributed by atoms with E-state index in [1.807, 2.05) is 47.7 Å². The Kier molecular flexibility index (Phi) is 9.00. The first-order chi connectivity index (χ1) is 34.2.